The number of nitrogens with one attached hydrogen (secondary N) is 2. The lowest BCUT2D eigenvalue weighted by Crippen LogP contribution is -2.60. The first-order valence-electron chi connectivity index (χ1n) is 13.1. The fourth-order valence-corrected chi connectivity index (χ4v) is 6.63. The van der Waals surface area contributed by atoms with Crippen LogP contribution in [0.4, 0.5) is 5.69 Å². The maximum Gasteiger partial charge on any atom is 0.274 e. The maximum atomic E-state index is 12.7. The summed E-state index contributed by atoms with van der Waals surface area (Å²) in [6, 6.07) is 14.8. The molecule has 0 amide bonds. The highest BCUT2D eigenvalue weighted by molar-refractivity contribution is 7.91. The quantitative estimate of drug-likeness (QED) is 0.384. The van der Waals surface area contributed by atoms with E-state index >= 15 is 0 Å². The van der Waals surface area contributed by atoms with E-state index in [9.17, 15) is 13.2 Å². The Morgan fingerprint density at radius 3 is 2.45 bits per heavy atom. The predicted octanol–water partition coefficient (Wildman–Crippen LogP) is 4.31. The number of aromatic nitrogens is 2. The number of H-pyrrole nitrogens is 1. The number of anilines is 1. The largest absolute Gasteiger partial charge is 0.457 e. The lowest BCUT2D eigenvalue weighted by atomic mass is 9.72. The van der Waals surface area contributed by atoms with Crippen LogP contribution in [0.25, 0.3) is 22.0 Å². The van der Waals surface area contributed by atoms with Crippen molar-refractivity contribution in [3.8, 4) is 22.6 Å². The molecule has 2 aliphatic heterocycles. The van der Waals surface area contributed by atoms with Crippen molar-refractivity contribution < 1.29 is 13.2 Å². The molecule has 2 fully saturated rings. The number of ether oxygens (including phenoxy) is 1. The number of hydrogen-bond donors (Lipinski definition) is 2. The lowest BCUT2D eigenvalue weighted by molar-refractivity contribution is 0.150. The van der Waals surface area contributed by atoms with Crippen molar-refractivity contribution in [2.24, 2.45) is 12.5 Å². The first-order valence-corrected chi connectivity index (χ1v) is 14.7. The molecular formula is C29H32N4O4S. The van der Waals surface area contributed by atoms with Gasteiger partial charge in [0.1, 0.15) is 17.0 Å². The molecule has 0 radical (unpaired) electrons. The number of pyridine rings is 1. The molecule has 0 unspecified atom stereocenters. The lowest BCUT2D eigenvalue weighted by Gasteiger charge is -2.53. The van der Waals surface area contributed by atoms with Gasteiger partial charge in [0.25, 0.3) is 5.56 Å². The molecule has 4 aromatic rings. The number of aryl methyl sites for hydroxylation is 1. The molecular weight excluding hydrogens is 500 g/mol. The zero-order valence-corrected chi connectivity index (χ0v) is 22.5. The van der Waals surface area contributed by atoms with Crippen molar-refractivity contribution in [3.05, 3.63) is 71.3 Å². The summed E-state index contributed by atoms with van der Waals surface area (Å²) in [5, 5.41) is 4.16. The summed E-state index contributed by atoms with van der Waals surface area (Å²) in [6.07, 6.45) is 5.91. The van der Waals surface area contributed by atoms with E-state index in [0.717, 1.165) is 31.7 Å². The van der Waals surface area contributed by atoms with Crippen molar-refractivity contribution in [2.45, 2.75) is 24.7 Å². The molecule has 0 aliphatic carbocycles. The third-order valence-electron chi connectivity index (χ3n) is 8.02. The first kappa shape index (κ1) is 24.8. The molecule has 2 aromatic carbocycles. The molecule has 2 saturated heterocycles. The average Bonchev–Trinajstić information content (AvgIpc) is 3.41. The summed E-state index contributed by atoms with van der Waals surface area (Å²) in [6.45, 7) is 6.01. The zero-order chi connectivity index (χ0) is 26.5. The van der Waals surface area contributed by atoms with Crippen molar-refractivity contribution in [1.82, 2.24) is 14.9 Å². The number of aromatic amines is 1. The number of hydrogen-bond acceptors (Lipinski definition) is 6. The number of piperidine rings is 1. The molecule has 0 bridgehead atoms. The summed E-state index contributed by atoms with van der Waals surface area (Å²) in [7, 11) is -1.76. The van der Waals surface area contributed by atoms with E-state index < -0.39 is 9.84 Å². The summed E-state index contributed by atoms with van der Waals surface area (Å²) in [5.41, 5.74) is 3.27. The highest BCUT2D eigenvalue weighted by atomic mass is 32.2. The molecule has 198 valence electrons. The molecule has 0 atom stereocenters. The second kappa shape index (κ2) is 9.32. The van der Waals surface area contributed by atoms with Gasteiger partial charge in [0.05, 0.1) is 10.6 Å². The highest BCUT2D eigenvalue weighted by Crippen LogP contribution is 2.42. The fourth-order valence-electron chi connectivity index (χ4n) is 5.72. The van der Waals surface area contributed by atoms with Crippen molar-refractivity contribution in [3.63, 3.8) is 0 Å². The Morgan fingerprint density at radius 1 is 1.00 bits per heavy atom. The van der Waals surface area contributed by atoms with Crippen LogP contribution in [0.1, 0.15) is 19.8 Å². The van der Waals surface area contributed by atoms with Gasteiger partial charge in [0.2, 0.25) is 0 Å². The van der Waals surface area contributed by atoms with Crippen molar-refractivity contribution in [2.75, 3.05) is 36.8 Å². The second-order valence-corrected chi connectivity index (χ2v) is 12.8. The number of sulfone groups is 1. The summed E-state index contributed by atoms with van der Waals surface area (Å²) in [5.74, 6) is 1.18. The first-order chi connectivity index (χ1) is 18.3. The SMILES string of the molecule is CCS(=O)(=O)c1ccc(Oc2ccc(N3CC4(CCNCC4)C3)cc2)c(-c2cn(C)c(=O)c3[nH]ccc23)c1. The van der Waals surface area contributed by atoms with Crippen molar-refractivity contribution in [1.29, 1.82) is 0 Å². The maximum absolute atomic E-state index is 12.7. The Balaban J connectivity index is 1.34. The van der Waals surface area contributed by atoms with Gasteiger partial charge in [0, 0.05) is 60.1 Å². The van der Waals surface area contributed by atoms with Crippen LogP contribution >= 0.6 is 0 Å². The van der Waals surface area contributed by atoms with Crippen LogP contribution < -0.4 is 20.5 Å². The molecule has 1 spiro atoms. The monoisotopic (exact) mass is 532 g/mol. The normalized spacial score (nSPS) is 17.1. The van der Waals surface area contributed by atoms with E-state index in [0.29, 0.717) is 33.4 Å². The third kappa shape index (κ3) is 4.29. The number of benzene rings is 2. The van der Waals surface area contributed by atoms with Gasteiger partial charge >= 0.3 is 0 Å². The molecule has 38 heavy (non-hydrogen) atoms. The smallest absolute Gasteiger partial charge is 0.274 e. The fraction of sp³-hybridized carbons (Fsp3) is 0.345. The molecule has 2 aliphatic rings. The van der Waals surface area contributed by atoms with Gasteiger partial charge < -0.3 is 24.5 Å². The molecule has 2 aromatic heterocycles. The number of fused-ring (bicyclic) bond motifs is 1. The molecule has 9 heteroatoms. The zero-order valence-electron chi connectivity index (χ0n) is 21.7. The Morgan fingerprint density at radius 2 is 1.74 bits per heavy atom. The van der Waals surface area contributed by atoms with Crippen LogP contribution in [0.5, 0.6) is 11.5 Å². The van der Waals surface area contributed by atoms with Crippen LogP contribution in [0, 0.1) is 5.41 Å². The van der Waals surface area contributed by atoms with Gasteiger partial charge in [-0.2, -0.15) is 0 Å². The molecule has 2 N–H and O–H groups in total. The molecule has 6 rings (SSSR count). The standard InChI is InChI=1S/C29H32N4O4S/c1-3-38(35,36)22-8-9-26(24(16-22)25-17-32(2)28(34)27-23(25)10-13-31-27)37-21-6-4-20(5-7-21)33-18-29(19-33)11-14-30-15-12-29/h4-10,13,16-17,30-31H,3,11-12,14-15,18-19H2,1-2H3. The predicted molar refractivity (Wildman–Crippen MR) is 150 cm³/mol. The van der Waals surface area contributed by atoms with Crippen LogP contribution in [0.3, 0.4) is 0 Å². The van der Waals surface area contributed by atoms with Gasteiger partial charge in [0.15, 0.2) is 9.84 Å². The molecule has 4 heterocycles. The van der Waals surface area contributed by atoms with Crippen LogP contribution in [-0.4, -0.2) is 49.9 Å². The number of rotatable bonds is 6. The van der Waals surface area contributed by atoms with E-state index in [1.165, 1.54) is 23.1 Å². The minimum absolute atomic E-state index is 0.00472. The summed E-state index contributed by atoms with van der Waals surface area (Å²) >= 11 is 0. The van der Waals surface area contributed by atoms with E-state index in [-0.39, 0.29) is 16.2 Å². The Hall–Kier alpha value is -3.56. The number of nitrogens with zero attached hydrogens (tertiary/aromatic N) is 2. The Kier molecular flexibility index (Phi) is 6.07. The van der Waals surface area contributed by atoms with Gasteiger partial charge in [-0.3, -0.25) is 4.79 Å². The Bertz CT molecular complexity index is 1660. The minimum Gasteiger partial charge on any atom is -0.457 e. The third-order valence-corrected chi connectivity index (χ3v) is 9.75. The van der Waals surface area contributed by atoms with Crippen LogP contribution in [0.2, 0.25) is 0 Å². The molecule has 8 nitrogen and oxygen atoms in total. The summed E-state index contributed by atoms with van der Waals surface area (Å²) in [4.78, 5) is 18.3. The van der Waals surface area contributed by atoms with Gasteiger partial charge in [-0.25, -0.2) is 8.42 Å². The van der Waals surface area contributed by atoms with Crippen LogP contribution in [0.15, 0.2) is 70.6 Å². The highest BCUT2D eigenvalue weighted by Gasteiger charge is 2.43. The van der Waals surface area contributed by atoms with E-state index in [4.69, 9.17) is 4.74 Å². The van der Waals surface area contributed by atoms with Gasteiger partial charge in [-0.05, 0) is 74.5 Å². The Labute approximate surface area is 222 Å². The van der Waals surface area contributed by atoms with E-state index in [1.807, 2.05) is 18.2 Å². The van der Waals surface area contributed by atoms with Crippen molar-refractivity contribution >= 4 is 26.4 Å². The molecule has 0 saturated carbocycles. The van der Waals surface area contributed by atoms with Gasteiger partial charge in [-0.1, -0.05) is 6.92 Å². The van der Waals surface area contributed by atoms with Gasteiger partial charge in [-0.15, -0.1) is 0 Å². The topological polar surface area (TPSA) is 96.4 Å². The van der Waals surface area contributed by atoms with Crippen LogP contribution in [-0.2, 0) is 16.9 Å². The summed E-state index contributed by atoms with van der Waals surface area (Å²) < 4.78 is 33.3. The average molecular weight is 533 g/mol. The van der Waals surface area contributed by atoms with E-state index in [1.54, 1.807) is 44.6 Å². The minimum atomic E-state index is -3.44. The second-order valence-electron chi connectivity index (χ2n) is 10.5. The van der Waals surface area contributed by atoms with E-state index in [2.05, 4.69) is 27.3 Å².